The minimum absolute atomic E-state index is 0.640. The van der Waals surface area contributed by atoms with Crippen LogP contribution in [0, 0.1) is 11.7 Å². The monoisotopic (exact) mass is 375 g/mol. The first-order valence-corrected chi connectivity index (χ1v) is 6.87. The Morgan fingerprint density at radius 2 is 1.84 bits per heavy atom. The molecule has 25 heavy (non-hydrogen) atoms. The number of hydrogen-bond acceptors (Lipinski definition) is 3. The zero-order valence-corrected chi connectivity index (χ0v) is 12.3. The van der Waals surface area contributed by atoms with E-state index in [0.29, 0.717) is 0 Å². The lowest BCUT2D eigenvalue weighted by molar-refractivity contribution is -0.219. The summed E-state index contributed by atoms with van der Waals surface area (Å²) in [5.41, 5.74) is -3.18. The highest BCUT2D eigenvalue weighted by Gasteiger charge is 2.62. The molecule has 0 spiro atoms. The summed E-state index contributed by atoms with van der Waals surface area (Å²) in [5.74, 6) is -5.79. The fourth-order valence-electron chi connectivity index (χ4n) is 2.85. The Labute approximate surface area is 136 Å². The Morgan fingerprint density at radius 1 is 1.24 bits per heavy atom. The standard InChI is InChI=1S/C14H12F7NO3/c15-9-4-2-1-3-7(9)12(22-11(24)14(19,20)21)6-25-10(8(12)5-23)13(16,17)18/h1-4,8,10,23H,5-6H2,(H,22,24). The molecule has 1 aliphatic rings. The summed E-state index contributed by atoms with van der Waals surface area (Å²) in [6.45, 7) is -2.39. The number of carbonyl (C=O) groups excluding carboxylic acids is 1. The molecule has 2 rings (SSSR count). The molecule has 2 N–H and O–H groups in total. The van der Waals surface area contributed by atoms with E-state index in [9.17, 15) is 40.6 Å². The number of benzene rings is 1. The van der Waals surface area contributed by atoms with Gasteiger partial charge in [0.1, 0.15) is 5.82 Å². The Balaban J connectivity index is 2.58. The molecule has 1 aromatic carbocycles. The van der Waals surface area contributed by atoms with Gasteiger partial charge in [-0.05, 0) is 6.07 Å². The Morgan fingerprint density at radius 3 is 2.32 bits per heavy atom. The molecule has 0 aliphatic carbocycles. The van der Waals surface area contributed by atoms with Crippen molar-refractivity contribution in [3.63, 3.8) is 0 Å². The third-order valence-electron chi connectivity index (χ3n) is 3.96. The highest BCUT2D eigenvalue weighted by Crippen LogP contribution is 2.46. The van der Waals surface area contributed by atoms with Gasteiger partial charge in [0.05, 0.1) is 18.8 Å². The number of ether oxygens (including phenoxy) is 1. The maximum Gasteiger partial charge on any atom is 0.471 e. The molecule has 0 aromatic heterocycles. The number of rotatable bonds is 3. The van der Waals surface area contributed by atoms with Crippen LogP contribution in [0.3, 0.4) is 0 Å². The molecule has 11 heteroatoms. The molecule has 1 amide bonds. The zero-order valence-electron chi connectivity index (χ0n) is 12.3. The van der Waals surface area contributed by atoms with Crippen LogP contribution >= 0.6 is 0 Å². The fourth-order valence-corrected chi connectivity index (χ4v) is 2.85. The van der Waals surface area contributed by atoms with Crippen molar-refractivity contribution in [2.75, 3.05) is 13.2 Å². The molecule has 3 unspecified atom stereocenters. The van der Waals surface area contributed by atoms with Gasteiger partial charge < -0.3 is 15.2 Å². The zero-order chi connectivity index (χ0) is 19.0. The average Bonchev–Trinajstić information content (AvgIpc) is 2.86. The SMILES string of the molecule is O=C(NC1(c2ccccc2F)COC(C(F)(F)F)C1CO)C(F)(F)F. The quantitative estimate of drug-likeness (QED) is 0.797. The molecule has 1 heterocycles. The van der Waals surface area contributed by atoms with E-state index in [0.717, 1.165) is 12.1 Å². The number of hydrogen-bond donors (Lipinski definition) is 2. The van der Waals surface area contributed by atoms with Crippen molar-refractivity contribution in [1.29, 1.82) is 0 Å². The van der Waals surface area contributed by atoms with Crippen molar-refractivity contribution in [2.24, 2.45) is 5.92 Å². The summed E-state index contributed by atoms with van der Waals surface area (Å²) >= 11 is 0. The summed E-state index contributed by atoms with van der Waals surface area (Å²) < 4.78 is 95.7. The van der Waals surface area contributed by atoms with Crippen molar-refractivity contribution in [2.45, 2.75) is 24.0 Å². The maximum atomic E-state index is 14.1. The predicted octanol–water partition coefficient (Wildman–Crippen LogP) is 2.27. The van der Waals surface area contributed by atoms with E-state index in [2.05, 4.69) is 4.74 Å². The van der Waals surface area contributed by atoms with Crippen LogP contribution in [0.25, 0.3) is 0 Å². The van der Waals surface area contributed by atoms with Crippen LogP contribution in [0.4, 0.5) is 30.7 Å². The second-order valence-corrected chi connectivity index (χ2v) is 5.47. The number of alkyl halides is 6. The van der Waals surface area contributed by atoms with Crippen LogP contribution in [-0.4, -0.2) is 42.7 Å². The van der Waals surface area contributed by atoms with Crippen LogP contribution in [0.2, 0.25) is 0 Å². The second-order valence-electron chi connectivity index (χ2n) is 5.47. The van der Waals surface area contributed by atoms with E-state index < -0.39 is 60.4 Å². The van der Waals surface area contributed by atoms with Gasteiger partial charge in [-0.25, -0.2) is 4.39 Å². The molecule has 3 atom stereocenters. The highest BCUT2D eigenvalue weighted by molar-refractivity contribution is 5.82. The first kappa shape index (κ1) is 19.4. The van der Waals surface area contributed by atoms with Gasteiger partial charge in [0.15, 0.2) is 6.10 Å². The van der Waals surface area contributed by atoms with Gasteiger partial charge in [0.25, 0.3) is 0 Å². The van der Waals surface area contributed by atoms with Crippen molar-refractivity contribution >= 4 is 5.91 Å². The lowest BCUT2D eigenvalue weighted by atomic mass is 9.77. The third-order valence-corrected chi connectivity index (χ3v) is 3.96. The molecule has 0 bridgehead atoms. The minimum Gasteiger partial charge on any atom is -0.396 e. The van der Waals surface area contributed by atoms with Gasteiger partial charge >= 0.3 is 18.3 Å². The van der Waals surface area contributed by atoms with E-state index >= 15 is 0 Å². The minimum atomic E-state index is -5.42. The summed E-state index contributed by atoms with van der Waals surface area (Å²) in [4.78, 5) is 11.4. The molecular formula is C14H12F7NO3. The molecular weight excluding hydrogens is 363 g/mol. The lowest BCUT2D eigenvalue weighted by Gasteiger charge is -2.36. The van der Waals surface area contributed by atoms with Gasteiger partial charge in [-0.2, -0.15) is 26.3 Å². The van der Waals surface area contributed by atoms with Crippen molar-refractivity contribution in [3.05, 3.63) is 35.6 Å². The summed E-state index contributed by atoms with van der Waals surface area (Å²) in [6.07, 6.45) is -13.1. The molecule has 0 radical (unpaired) electrons. The Bertz CT molecular complexity index is 646. The number of nitrogens with one attached hydrogen (secondary N) is 1. The van der Waals surface area contributed by atoms with E-state index in [1.807, 2.05) is 0 Å². The number of aliphatic hydroxyl groups is 1. The van der Waals surface area contributed by atoms with Crippen LogP contribution in [-0.2, 0) is 15.1 Å². The maximum absolute atomic E-state index is 14.1. The lowest BCUT2D eigenvalue weighted by Crippen LogP contribution is -2.57. The van der Waals surface area contributed by atoms with E-state index in [1.54, 1.807) is 0 Å². The van der Waals surface area contributed by atoms with Crippen LogP contribution < -0.4 is 5.32 Å². The normalized spacial score (nSPS) is 27.4. The van der Waals surface area contributed by atoms with Crippen LogP contribution in [0.5, 0.6) is 0 Å². The van der Waals surface area contributed by atoms with Crippen LogP contribution in [0.15, 0.2) is 24.3 Å². The van der Waals surface area contributed by atoms with Crippen LogP contribution in [0.1, 0.15) is 5.56 Å². The number of amides is 1. The van der Waals surface area contributed by atoms with Gasteiger partial charge in [0.2, 0.25) is 0 Å². The number of halogens is 7. The molecule has 1 fully saturated rings. The van der Waals surface area contributed by atoms with Gasteiger partial charge in [-0.3, -0.25) is 4.79 Å². The van der Waals surface area contributed by atoms with Gasteiger partial charge in [-0.1, -0.05) is 18.2 Å². The molecule has 0 saturated carbocycles. The predicted molar refractivity (Wildman–Crippen MR) is 68.6 cm³/mol. The number of carbonyl (C=O) groups is 1. The summed E-state index contributed by atoms with van der Waals surface area (Å²) in [5, 5.41) is 10.8. The van der Waals surface area contributed by atoms with Crippen molar-refractivity contribution in [1.82, 2.24) is 5.32 Å². The molecule has 1 aliphatic heterocycles. The van der Waals surface area contributed by atoms with E-state index in [4.69, 9.17) is 0 Å². The smallest absolute Gasteiger partial charge is 0.396 e. The summed E-state index contributed by atoms with van der Waals surface area (Å²) in [7, 11) is 0. The van der Waals surface area contributed by atoms with Gasteiger partial charge in [0, 0.05) is 11.5 Å². The first-order chi connectivity index (χ1) is 11.4. The molecule has 1 saturated heterocycles. The summed E-state index contributed by atoms with van der Waals surface area (Å²) in [6, 6.07) is 4.08. The average molecular weight is 375 g/mol. The largest absolute Gasteiger partial charge is 0.471 e. The second kappa shape index (κ2) is 6.45. The van der Waals surface area contributed by atoms with E-state index in [-0.39, 0.29) is 0 Å². The third kappa shape index (κ3) is 3.56. The highest BCUT2D eigenvalue weighted by atomic mass is 19.4. The Kier molecular flexibility index (Phi) is 5.01. The van der Waals surface area contributed by atoms with Crippen molar-refractivity contribution in [3.8, 4) is 0 Å². The fraction of sp³-hybridized carbons (Fsp3) is 0.500. The van der Waals surface area contributed by atoms with Crippen molar-refractivity contribution < 1.29 is 45.4 Å². The molecule has 1 aromatic rings. The molecule has 4 nitrogen and oxygen atoms in total. The topological polar surface area (TPSA) is 58.6 Å². The Hall–Kier alpha value is -1.88. The first-order valence-electron chi connectivity index (χ1n) is 6.87. The molecule has 140 valence electrons. The van der Waals surface area contributed by atoms with Gasteiger partial charge in [-0.15, -0.1) is 0 Å². The van der Waals surface area contributed by atoms with E-state index in [1.165, 1.54) is 17.4 Å². The number of aliphatic hydroxyl groups excluding tert-OH is 1.